The van der Waals surface area contributed by atoms with Crippen molar-refractivity contribution in [1.29, 1.82) is 0 Å². The summed E-state index contributed by atoms with van der Waals surface area (Å²) in [5.74, 6) is -0.189. The maximum atomic E-state index is 12.7. The summed E-state index contributed by atoms with van der Waals surface area (Å²) >= 11 is 0. The highest BCUT2D eigenvalue weighted by molar-refractivity contribution is 5.98. The number of benzene rings is 1. The molecule has 4 rings (SSSR count). The lowest BCUT2D eigenvalue weighted by Crippen LogP contribution is -2.29. The Morgan fingerprint density at radius 3 is 2.85 bits per heavy atom. The number of hydrogen-bond donors (Lipinski definition) is 2. The standard InChI is InChI=1S/C20H22N4O2/c1-12-2-3-14(19(25)23-16-5-6-16)9-18(12)24-20(26)13-4-7-17-15(8-13)10-21-11-22-17/h2-3,9-11,13,16H,4-8H2,1H3,(H,23,25)(H,24,26). The fraction of sp³-hybridized carbons (Fsp3) is 0.400. The van der Waals surface area contributed by atoms with E-state index in [1.54, 1.807) is 24.7 Å². The number of aryl methyl sites for hydroxylation is 2. The fourth-order valence-electron chi connectivity index (χ4n) is 3.31. The summed E-state index contributed by atoms with van der Waals surface area (Å²) in [5, 5.41) is 5.99. The van der Waals surface area contributed by atoms with Gasteiger partial charge in [0.25, 0.3) is 5.91 Å². The summed E-state index contributed by atoms with van der Waals surface area (Å²) in [6.07, 6.45) is 7.68. The monoisotopic (exact) mass is 350 g/mol. The van der Waals surface area contributed by atoms with Crippen LogP contribution in [-0.4, -0.2) is 27.8 Å². The minimum Gasteiger partial charge on any atom is -0.349 e. The number of aromatic nitrogens is 2. The van der Waals surface area contributed by atoms with Gasteiger partial charge >= 0.3 is 0 Å². The molecule has 6 nitrogen and oxygen atoms in total. The molecule has 0 bridgehead atoms. The first-order valence-electron chi connectivity index (χ1n) is 9.10. The van der Waals surface area contributed by atoms with Crippen LogP contribution in [0.25, 0.3) is 0 Å². The predicted molar refractivity (Wildman–Crippen MR) is 97.8 cm³/mol. The Labute approximate surface area is 152 Å². The van der Waals surface area contributed by atoms with Crippen LogP contribution in [0.1, 0.15) is 46.4 Å². The molecule has 0 aliphatic heterocycles. The summed E-state index contributed by atoms with van der Waals surface area (Å²) in [5.41, 5.74) is 4.32. The van der Waals surface area contributed by atoms with Crippen LogP contribution in [-0.2, 0) is 17.6 Å². The average Bonchev–Trinajstić information content (AvgIpc) is 3.47. The predicted octanol–water partition coefficient (Wildman–Crippen LogP) is 2.42. The molecule has 2 amide bonds. The van der Waals surface area contributed by atoms with Crippen LogP contribution in [0.3, 0.4) is 0 Å². The van der Waals surface area contributed by atoms with Gasteiger partial charge in [-0.3, -0.25) is 9.59 Å². The minimum atomic E-state index is -0.100. The number of hydrogen-bond acceptors (Lipinski definition) is 4. The molecule has 1 heterocycles. The smallest absolute Gasteiger partial charge is 0.251 e. The van der Waals surface area contributed by atoms with Gasteiger partial charge in [-0.15, -0.1) is 0 Å². The molecule has 1 saturated carbocycles. The van der Waals surface area contributed by atoms with E-state index in [1.807, 2.05) is 13.0 Å². The summed E-state index contributed by atoms with van der Waals surface area (Å²) in [7, 11) is 0. The van der Waals surface area contributed by atoms with Crippen LogP contribution in [0.4, 0.5) is 5.69 Å². The van der Waals surface area contributed by atoms with Crippen molar-refractivity contribution in [3.8, 4) is 0 Å². The molecule has 1 aromatic heterocycles. The number of rotatable bonds is 4. The van der Waals surface area contributed by atoms with E-state index in [2.05, 4.69) is 20.6 Å². The molecule has 1 atom stereocenters. The van der Waals surface area contributed by atoms with Crippen molar-refractivity contribution in [1.82, 2.24) is 15.3 Å². The highest BCUT2D eigenvalue weighted by Crippen LogP contribution is 2.26. The molecule has 0 saturated heterocycles. The number of carbonyl (C=O) groups excluding carboxylic acids is 2. The Bertz CT molecular complexity index is 861. The fourth-order valence-corrected chi connectivity index (χ4v) is 3.31. The van der Waals surface area contributed by atoms with Gasteiger partial charge in [-0.1, -0.05) is 6.07 Å². The third-order valence-electron chi connectivity index (χ3n) is 5.12. The molecule has 2 aliphatic rings. The Morgan fingerprint density at radius 1 is 1.19 bits per heavy atom. The highest BCUT2D eigenvalue weighted by atomic mass is 16.2. The molecule has 2 N–H and O–H groups in total. The molecular formula is C20H22N4O2. The second-order valence-electron chi connectivity index (χ2n) is 7.20. The molecule has 6 heteroatoms. The van der Waals surface area contributed by atoms with Crippen LogP contribution < -0.4 is 10.6 Å². The molecule has 1 fully saturated rings. The lowest BCUT2D eigenvalue weighted by Gasteiger charge is -2.23. The Hall–Kier alpha value is -2.76. The van der Waals surface area contributed by atoms with Gasteiger partial charge in [-0.25, -0.2) is 9.97 Å². The molecule has 0 radical (unpaired) electrons. The number of amides is 2. The molecule has 2 aliphatic carbocycles. The Morgan fingerprint density at radius 2 is 2.04 bits per heavy atom. The van der Waals surface area contributed by atoms with E-state index in [9.17, 15) is 9.59 Å². The van der Waals surface area contributed by atoms with Crippen LogP contribution in [0.15, 0.2) is 30.7 Å². The van der Waals surface area contributed by atoms with Gasteiger partial charge in [0.2, 0.25) is 5.91 Å². The number of anilines is 1. The Kier molecular flexibility index (Phi) is 4.41. The molecule has 1 aromatic carbocycles. The zero-order chi connectivity index (χ0) is 18.1. The van der Waals surface area contributed by atoms with Crippen molar-refractivity contribution in [3.05, 3.63) is 53.1 Å². The van der Waals surface area contributed by atoms with Gasteiger partial charge in [-0.05, 0) is 62.3 Å². The molecular weight excluding hydrogens is 328 g/mol. The molecule has 1 unspecified atom stereocenters. The van der Waals surface area contributed by atoms with Crippen molar-refractivity contribution in [2.75, 3.05) is 5.32 Å². The number of carbonyl (C=O) groups is 2. The first kappa shape index (κ1) is 16.7. The minimum absolute atomic E-state index is 0.0117. The van der Waals surface area contributed by atoms with E-state index < -0.39 is 0 Å². The van der Waals surface area contributed by atoms with Gasteiger partial charge in [0.05, 0.1) is 0 Å². The van der Waals surface area contributed by atoms with Gasteiger partial charge in [0.1, 0.15) is 6.33 Å². The first-order chi connectivity index (χ1) is 12.6. The summed E-state index contributed by atoms with van der Waals surface area (Å²) in [4.78, 5) is 33.3. The normalized spacial score (nSPS) is 18.7. The maximum absolute atomic E-state index is 12.7. The quantitative estimate of drug-likeness (QED) is 0.887. The van der Waals surface area contributed by atoms with Crippen LogP contribution in [0, 0.1) is 12.8 Å². The van der Waals surface area contributed by atoms with Crippen LogP contribution in [0.2, 0.25) is 0 Å². The topological polar surface area (TPSA) is 84.0 Å². The summed E-state index contributed by atoms with van der Waals surface area (Å²) in [6.45, 7) is 1.93. The zero-order valence-corrected chi connectivity index (χ0v) is 14.8. The number of nitrogens with one attached hydrogen (secondary N) is 2. The SMILES string of the molecule is Cc1ccc(C(=O)NC2CC2)cc1NC(=O)C1CCc2ncncc2C1. The Balaban J connectivity index is 1.46. The summed E-state index contributed by atoms with van der Waals surface area (Å²) < 4.78 is 0. The van der Waals surface area contributed by atoms with Crippen molar-refractivity contribution in [2.24, 2.45) is 5.92 Å². The molecule has 2 aromatic rings. The van der Waals surface area contributed by atoms with Gasteiger partial charge in [-0.2, -0.15) is 0 Å². The van der Waals surface area contributed by atoms with Crippen molar-refractivity contribution in [2.45, 2.75) is 45.1 Å². The van der Waals surface area contributed by atoms with Gasteiger partial charge in [0.15, 0.2) is 0 Å². The van der Waals surface area contributed by atoms with Gasteiger partial charge in [0, 0.05) is 35.1 Å². The molecule has 0 spiro atoms. The average molecular weight is 350 g/mol. The maximum Gasteiger partial charge on any atom is 0.251 e. The van der Waals surface area contributed by atoms with E-state index in [0.717, 1.165) is 42.5 Å². The van der Waals surface area contributed by atoms with E-state index >= 15 is 0 Å². The largest absolute Gasteiger partial charge is 0.349 e. The lowest BCUT2D eigenvalue weighted by atomic mass is 9.86. The second kappa shape index (κ2) is 6.86. The number of fused-ring (bicyclic) bond motifs is 1. The van der Waals surface area contributed by atoms with E-state index in [0.29, 0.717) is 23.7 Å². The number of nitrogens with zero attached hydrogens (tertiary/aromatic N) is 2. The molecule has 134 valence electrons. The first-order valence-corrected chi connectivity index (χ1v) is 9.10. The zero-order valence-electron chi connectivity index (χ0n) is 14.8. The third kappa shape index (κ3) is 3.59. The van der Waals surface area contributed by atoms with Crippen molar-refractivity contribution >= 4 is 17.5 Å². The second-order valence-corrected chi connectivity index (χ2v) is 7.20. The molecule has 26 heavy (non-hydrogen) atoms. The third-order valence-corrected chi connectivity index (χ3v) is 5.12. The van der Waals surface area contributed by atoms with Crippen molar-refractivity contribution < 1.29 is 9.59 Å². The lowest BCUT2D eigenvalue weighted by molar-refractivity contribution is -0.120. The van der Waals surface area contributed by atoms with E-state index in [4.69, 9.17) is 0 Å². The van der Waals surface area contributed by atoms with E-state index in [1.165, 1.54) is 0 Å². The van der Waals surface area contributed by atoms with Gasteiger partial charge < -0.3 is 10.6 Å². The van der Waals surface area contributed by atoms with Crippen molar-refractivity contribution in [3.63, 3.8) is 0 Å². The van der Waals surface area contributed by atoms with Crippen LogP contribution >= 0.6 is 0 Å². The van der Waals surface area contributed by atoms with E-state index in [-0.39, 0.29) is 17.7 Å². The highest BCUT2D eigenvalue weighted by Gasteiger charge is 2.27. The summed E-state index contributed by atoms with van der Waals surface area (Å²) in [6, 6.07) is 5.76. The van der Waals surface area contributed by atoms with Crippen LogP contribution in [0.5, 0.6) is 0 Å².